The van der Waals surface area contributed by atoms with Crippen molar-refractivity contribution in [3.63, 3.8) is 0 Å². The molecule has 0 atom stereocenters. The summed E-state index contributed by atoms with van der Waals surface area (Å²) in [5.41, 5.74) is 5.57. The van der Waals surface area contributed by atoms with E-state index < -0.39 is 0 Å². The Morgan fingerprint density at radius 3 is 2.33 bits per heavy atom. The number of aliphatic hydroxyl groups is 1. The third kappa shape index (κ3) is 3.38. The normalized spacial score (nSPS) is 12.4. The zero-order valence-corrected chi connectivity index (χ0v) is 15.2. The zero-order chi connectivity index (χ0) is 18.6. The highest BCUT2D eigenvalue weighted by Gasteiger charge is 2.26. The molecule has 0 saturated heterocycles. The zero-order valence-electron chi connectivity index (χ0n) is 15.2. The number of aliphatic hydroxyl groups excluding tert-OH is 1. The van der Waals surface area contributed by atoms with Crippen LogP contribution in [0.25, 0.3) is 11.1 Å². The van der Waals surface area contributed by atoms with Crippen LogP contribution in [0.3, 0.4) is 0 Å². The summed E-state index contributed by atoms with van der Waals surface area (Å²) in [6.07, 6.45) is 2.28. The fourth-order valence-corrected chi connectivity index (χ4v) is 3.69. The quantitative estimate of drug-likeness (QED) is 0.511. The van der Waals surface area contributed by atoms with Crippen molar-refractivity contribution in [1.29, 1.82) is 0 Å². The van der Waals surface area contributed by atoms with E-state index in [2.05, 4.69) is 0 Å². The Balaban J connectivity index is 1.75. The highest BCUT2D eigenvalue weighted by atomic mass is 16.5. The lowest BCUT2D eigenvalue weighted by atomic mass is 9.81. The Morgan fingerprint density at radius 2 is 1.48 bits per heavy atom. The minimum absolute atomic E-state index is 0.0810. The Labute approximate surface area is 159 Å². The van der Waals surface area contributed by atoms with E-state index in [4.69, 9.17) is 9.84 Å². The SMILES string of the molecule is O=C1c2ccccc2Cc2cccc(-c3ccccc3OCCCCO)c21. The molecule has 0 radical (unpaired) electrons. The number of hydrogen-bond acceptors (Lipinski definition) is 3. The van der Waals surface area contributed by atoms with Crippen molar-refractivity contribution >= 4 is 5.78 Å². The van der Waals surface area contributed by atoms with Crippen molar-refractivity contribution in [2.45, 2.75) is 19.3 Å². The van der Waals surface area contributed by atoms with Gasteiger partial charge >= 0.3 is 0 Å². The molecule has 27 heavy (non-hydrogen) atoms. The molecule has 0 saturated carbocycles. The summed E-state index contributed by atoms with van der Waals surface area (Å²) < 4.78 is 5.97. The number of benzene rings is 3. The number of carbonyl (C=O) groups is 1. The number of carbonyl (C=O) groups excluding carboxylic acids is 1. The summed E-state index contributed by atoms with van der Waals surface area (Å²) in [6, 6.07) is 21.7. The molecule has 136 valence electrons. The van der Waals surface area contributed by atoms with Crippen LogP contribution in [0.4, 0.5) is 0 Å². The number of unbranched alkanes of at least 4 members (excludes halogenated alkanes) is 1. The van der Waals surface area contributed by atoms with Crippen molar-refractivity contribution in [1.82, 2.24) is 0 Å². The molecule has 0 fully saturated rings. The van der Waals surface area contributed by atoms with Crippen LogP contribution < -0.4 is 4.74 Å². The second-order valence-corrected chi connectivity index (χ2v) is 6.78. The summed E-state index contributed by atoms with van der Waals surface area (Å²) in [7, 11) is 0. The molecule has 3 aromatic rings. The molecule has 0 unspecified atom stereocenters. The predicted molar refractivity (Wildman–Crippen MR) is 106 cm³/mol. The lowest BCUT2D eigenvalue weighted by molar-refractivity contribution is 0.103. The number of hydrogen-bond donors (Lipinski definition) is 1. The van der Waals surface area contributed by atoms with Gasteiger partial charge in [0.2, 0.25) is 0 Å². The van der Waals surface area contributed by atoms with Crippen LogP contribution in [0.5, 0.6) is 5.75 Å². The third-order valence-corrected chi connectivity index (χ3v) is 5.01. The van der Waals surface area contributed by atoms with Gasteiger partial charge in [-0.15, -0.1) is 0 Å². The molecule has 3 nitrogen and oxygen atoms in total. The molecule has 1 aliphatic carbocycles. The van der Waals surface area contributed by atoms with Gasteiger partial charge in [-0.25, -0.2) is 0 Å². The molecular weight excluding hydrogens is 336 g/mol. The fourth-order valence-electron chi connectivity index (χ4n) is 3.69. The average Bonchev–Trinajstić information content (AvgIpc) is 2.71. The topological polar surface area (TPSA) is 46.5 Å². The maximum Gasteiger partial charge on any atom is 0.194 e. The highest BCUT2D eigenvalue weighted by Crippen LogP contribution is 2.38. The van der Waals surface area contributed by atoms with E-state index in [1.54, 1.807) is 0 Å². The molecule has 0 spiro atoms. The summed E-state index contributed by atoms with van der Waals surface area (Å²) >= 11 is 0. The molecule has 0 aromatic heterocycles. The molecule has 0 bridgehead atoms. The first-order valence-corrected chi connectivity index (χ1v) is 9.37. The lowest BCUT2D eigenvalue weighted by Gasteiger charge is -2.22. The van der Waals surface area contributed by atoms with E-state index in [1.807, 2.05) is 66.7 Å². The highest BCUT2D eigenvalue weighted by molar-refractivity contribution is 6.16. The van der Waals surface area contributed by atoms with Gasteiger partial charge in [-0.2, -0.15) is 0 Å². The summed E-state index contributed by atoms with van der Waals surface area (Å²) in [5, 5.41) is 8.94. The fraction of sp³-hybridized carbons (Fsp3) is 0.208. The summed E-state index contributed by atoms with van der Waals surface area (Å²) in [5.74, 6) is 0.855. The predicted octanol–water partition coefficient (Wildman–Crippen LogP) is 4.64. The molecule has 4 rings (SSSR count). The first-order chi connectivity index (χ1) is 13.3. The van der Waals surface area contributed by atoms with E-state index >= 15 is 0 Å². The van der Waals surface area contributed by atoms with Crippen LogP contribution >= 0.6 is 0 Å². The first-order valence-electron chi connectivity index (χ1n) is 9.37. The van der Waals surface area contributed by atoms with Gasteiger partial charge in [0.05, 0.1) is 6.61 Å². The van der Waals surface area contributed by atoms with Crippen molar-refractivity contribution in [3.8, 4) is 16.9 Å². The van der Waals surface area contributed by atoms with Gasteiger partial charge in [-0.3, -0.25) is 4.79 Å². The van der Waals surface area contributed by atoms with Crippen LogP contribution in [0.1, 0.15) is 39.9 Å². The molecule has 0 aliphatic heterocycles. The van der Waals surface area contributed by atoms with Crippen LogP contribution in [-0.2, 0) is 6.42 Å². The van der Waals surface area contributed by atoms with Crippen molar-refractivity contribution in [2.24, 2.45) is 0 Å². The van der Waals surface area contributed by atoms with Crippen molar-refractivity contribution < 1.29 is 14.6 Å². The molecule has 1 N–H and O–H groups in total. The number of fused-ring (bicyclic) bond motifs is 2. The van der Waals surface area contributed by atoms with E-state index in [0.717, 1.165) is 58.4 Å². The molecule has 0 heterocycles. The number of rotatable bonds is 6. The Hall–Kier alpha value is -2.91. The molecule has 3 aromatic carbocycles. The van der Waals surface area contributed by atoms with Gasteiger partial charge in [0.25, 0.3) is 0 Å². The van der Waals surface area contributed by atoms with Gasteiger partial charge in [-0.1, -0.05) is 60.7 Å². The van der Waals surface area contributed by atoms with Gasteiger partial charge < -0.3 is 9.84 Å². The number of para-hydroxylation sites is 1. The van der Waals surface area contributed by atoms with E-state index in [1.165, 1.54) is 0 Å². The van der Waals surface area contributed by atoms with Crippen LogP contribution in [0.2, 0.25) is 0 Å². The second-order valence-electron chi connectivity index (χ2n) is 6.78. The number of ketones is 1. The van der Waals surface area contributed by atoms with Gasteiger partial charge in [-0.05, 0) is 42.0 Å². The maximum absolute atomic E-state index is 13.2. The van der Waals surface area contributed by atoms with Crippen molar-refractivity contribution in [2.75, 3.05) is 13.2 Å². The largest absolute Gasteiger partial charge is 0.493 e. The Kier molecular flexibility index (Phi) is 5.03. The standard InChI is InChI=1S/C24H22O3/c25-14-5-6-15-27-22-13-4-3-11-20(22)21-12-7-9-18-16-17-8-1-2-10-19(17)24(26)23(18)21/h1-4,7-13,25H,5-6,14-16H2. The molecule has 0 amide bonds. The van der Waals surface area contributed by atoms with Gasteiger partial charge in [0.1, 0.15) is 5.75 Å². The molecular formula is C24H22O3. The van der Waals surface area contributed by atoms with Crippen LogP contribution in [0, 0.1) is 0 Å². The smallest absolute Gasteiger partial charge is 0.194 e. The maximum atomic E-state index is 13.2. The number of ether oxygens (including phenoxy) is 1. The second kappa shape index (κ2) is 7.77. The monoisotopic (exact) mass is 358 g/mol. The molecule has 3 heteroatoms. The first kappa shape index (κ1) is 17.5. The van der Waals surface area contributed by atoms with Crippen LogP contribution in [0.15, 0.2) is 66.7 Å². The van der Waals surface area contributed by atoms with Gasteiger partial charge in [0, 0.05) is 23.3 Å². The summed E-state index contributed by atoms with van der Waals surface area (Å²) in [4.78, 5) is 13.2. The Morgan fingerprint density at radius 1 is 0.778 bits per heavy atom. The summed E-state index contributed by atoms with van der Waals surface area (Å²) in [6.45, 7) is 0.717. The minimum Gasteiger partial charge on any atom is -0.493 e. The van der Waals surface area contributed by atoms with Gasteiger partial charge in [0.15, 0.2) is 5.78 Å². The van der Waals surface area contributed by atoms with Crippen molar-refractivity contribution in [3.05, 3.63) is 89.0 Å². The van der Waals surface area contributed by atoms with E-state index in [9.17, 15) is 4.79 Å². The third-order valence-electron chi connectivity index (χ3n) is 5.01. The van der Waals surface area contributed by atoms with Crippen LogP contribution in [-0.4, -0.2) is 24.1 Å². The van der Waals surface area contributed by atoms with E-state index in [-0.39, 0.29) is 12.4 Å². The minimum atomic E-state index is 0.0810. The lowest BCUT2D eigenvalue weighted by Crippen LogP contribution is -2.16. The Bertz CT molecular complexity index is 975. The average molecular weight is 358 g/mol. The molecule has 1 aliphatic rings. The van der Waals surface area contributed by atoms with E-state index in [0.29, 0.717) is 6.61 Å².